The average Bonchev–Trinajstić information content (AvgIpc) is 3.36. The number of hydrogen-bond donors (Lipinski definition) is 1. The van der Waals surface area contributed by atoms with Gasteiger partial charge in [0.05, 0.1) is 17.6 Å². The van der Waals surface area contributed by atoms with Crippen LogP contribution in [0.15, 0.2) is 89.2 Å². The van der Waals surface area contributed by atoms with E-state index in [1.807, 2.05) is 30.3 Å². The molecule has 0 amide bonds. The first kappa shape index (κ1) is 21.2. The van der Waals surface area contributed by atoms with Gasteiger partial charge in [0, 0.05) is 23.5 Å². The summed E-state index contributed by atoms with van der Waals surface area (Å²) in [5.41, 5.74) is 0.476. The molecule has 166 valence electrons. The van der Waals surface area contributed by atoms with Crippen LogP contribution < -0.4 is 4.74 Å². The summed E-state index contributed by atoms with van der Waals surface area (Å²) in [5, 5.41) is 2.96. The maximum Gasteiger partial charge on any atom is 0.416 e. The van der Waals surface area contributed by atoms with Crippen molar-refractivity contribution in [3.05, 3.63) is 84.7 Å². The van der Waals surface area contributed by atoms with Gasteiger partial charge in [0.25, 0.3) is 0 Å². The fourth-order valence-corrected chi connectivity index (χ4v) is 5.16. The van der Waals surface area contributed by atoms with E-state index in [-0.39, 0.29) is 5.16 Å². The Morgan fingerprint density at radius 1 is 0.909 bits per heavy atom. The Hall–Kier alpha value is -3.65. The number of aromatic nitrogens is 2. The number of aromatic amines is 1. The zero-order chi connectivity index (χ0) is 23.2. The summed E-state index contributed by atoms with van der Waals surface area (Å²) in [6.45, 7) is 0. The summed E-state index contributed by atoms with van der Waals surface area (Å²) in [5.74, 6) is 0.469. The first-order chi connectivity index (χ1) is 15.9. The molecule has 1 heterocycles. The van der Waals surface area contributed by atoms with Gasteiger partial charge in [0.1, 0.15) is 16.5 Å². The molecule has 0 saturated carbocycles. The lowest BCUT2D eigenvalue weighted by molar-refractivity contribution is -0.137. The molecule has 33 heavy (non-hydrogen) atoms. The van der Waals surface area contributed by atoms with E-state index in [4.69, 9.17) is 4.74 Å². The van der Waals surface area contributed by atoms with Crippen LogP contribution in [0.3, 0.4) is 0 Å². The Morgan fingerprint density at radius 2 is 1.67 bits per heavy atom. The van der Waals surface area contributed by atoms with Crippen LogP contribution in [-0.2, 0) is 17.0 Å². The van der Waals surface area contributed by atoms with E-state index in [1.165, 1.54) is 19.4 Å². The van der Waals surface area contributed by atoms with Crippen molar-refractivity contribution in [2.24, 2.45) is 0 Å². The largest absolute Gasteiger partial charge is 0.496 e. The zero-order valence-electron chi connectivity index (χ0n) is 17.3. The van der Waals surface area contributed by atoms with Crippen molar-refractivity contribution in [3.63, 3.8) is 0 Å². The van der Waals surface area contributed by atoms with Gasteiger partial charge in [-0.2, -0.15) is 13.2 Å². The Kier molecular flexibility index (Phi) is 5.17. The number of imidazole rings is 1. The summed E-state index contributed by atoms with van der Waals surface area (Å²) in [7, 11) is -0.155. The van der Waals surface area contributed by atoms with Crippen molar-refractivity contribution in [3.8, 4) is 16.9 Å². The number of methoxy groups -OCH3 is 1. The van der Waals surface area contributed by atoms with E-state index in [0.717, 1.165) is 22.9 Å². The van der Waals surface area contributed by atoms with Gasteiger partial charge in [-0.25, -0.2) is 9.19 Å². The Balaban J connectivity index is 1.89. The number of alkyl halides is 3. The quantitative estimate of drug-likeness (QED) is 0.326. The van der Waals surface area contributed by atoms with Crippen LogP contribution in [-0.4, -0.2) is 21.3 Å². The molecule has 0 aliphatic carbocycles. The third kappa shape index (κ3) is 3.66. The standard InChI is InChI=1S/C25H17F3N2O2S/c1-32-20-10-6-16-14-17(25(26,27)28)8-9-19(16)22(20)23-18-5-3-2-4-15(18)7-11-21(23)33(31)24-29-12-13-30-24/h2-14H,1H3,(H,29,30). The second-order valence-corrected chi connectivity index (χ2v) is 8.76. The van der Waals surface area contributed by atoms with E-state index in [1.54, 1.807) is 24.4 Å². The number of nitrogens with one attached hydrogen (secondary N) is 1. The fourth-order valence-electron chi connectivity index (χ4n) is 4.03. The first-order valence-corrected chi connectivity index (χ1v) is 11.1. The summed E-state index contributed by atoms with van der Waals surface area (Å²) in [6.07, 6.45) is -1.35. The van der Waals surface area contributed by atoms with Crippen molar-refractivity contribution in [2.75, 3.05) is 7.11 Å². The number of hydrogen-bond acceptors (Lipinski definition) is 3. The van der Waals surface area contributed by atoms with Gasteiger partial charge >= 0.3 is 6.18 Å². The minimum atomic E-state index is -4.46. The van der Waals surface area contributed by atoms with Crippen LogP contribution in [0.1, 0.15) is 5.56 Å². The SMILES string of the molecule is COc1ccc2cc(C(F)(F)F)ccc2c1-c1c(S(=O)c2ncc[nH]2)ccc2ccccc12. The highest BCUT2D eigenvalue weighted by atomic mass is 32.2. The highest BCUT2D eigenvalue weighted by Crippen LogP contribution is 2.45. The molecule has 0 aliphatic heterocycles. The monoisotopic (exact) mass is 466 g/mol. The van der Waals surface area contributed by atoms with Crippen LogP contribution in [0.5, 0.6) is 5.75 Å². The van der Waals surface area contributed by atoms with Crippen LogP contribution in [0.2, 0.25) is 0 Å². The first-order valence-electron chi connectivity index (χ1n) is 9.99. The smallest absolute Gasteiger partial charge is 0.416 e. The number of nitrogens with zero attached hydrogens (tertiary/aromatic N) is 1. The molecule has 0 fully saturated rings. The van der Waals surface area contributed by atoms with Gasteiger partial charge in [-0.15, -0.1) is 0 Å². The molecule has 0 bridgehead atoms. The predicted molar refractivity (Wildman–Crippen MR) is 122 cm³/mol. The van der Waals surface area contributed by atoms with Crippen molar-refractivity contribution in [1.29, 1.82) is 0 Å². The molecule has 8 heteroatoms. The molecule has 1 unspecified atom stereocenters. The molecule has 0 aliphatic rings. The third-order valence-electron chi connectivity index (χ3n) is 5.52. The lowest BCUT2D eigenvalue weighted by Gasteiger charge is -2.18. The molecule has 4 nitrogen and oxygen atoms in total. The van der Waals surface area contributed by atoms with Crippen molar-refractivity contribution in [1.82, 2.24) is 9.97 Å². The number of ether oxygens (including phenoxy) is 1. The average molecular weight is 466 g/mol. The number of benzene rings is 4. The second-order valence-electron chi connectivity index (χ2n) is 7.40. The topological polar surface area (TPSA) is 55.0 Å². The van der Waals surface area contributed by atoms with E-state index in [0.29, 0.717) is 32.5 Å². The Labute approximate surface area is 189 Å². The highest BCUT2D eigenvalue weighted by Gasteiger charge is 2.31. The molecule has 0 saturated heterocycles. The van der Waals surface area contributed by atoms with Crippen LogP contribution >= 0.6 is 0 Å². The molecular formula is C25H17F3N2O2S. The van der Waals surface area contributed by atoms with Gasteiger partial charge in [-0.3, -0.25) is 0 Å². The number of H-pyrrole nitrogens is 1. The maximum atomic E-state index is 13.5. The highest BCUT2D eigenvalue weighted by molar-refractivity contribution is 7.85. The van der Waals surface area contributed by atoms with E-state index >= 15 is 0 Å². The molecular weight excluding hydrogens is 449 g/mol. The lowest BCUT2D eigenvalue weighted by Crippen LogP contribution is -2.05. The predicted octanol–water partition coefficient (Wildman–Crippen LogP) is 6.58. The number of halogens is 3. The molecule has 5 rings (SSSR count). The molecule has 5 aromatic rings. The lowest BCUT2D eigenvalue weighted by atomic mass is 9.92. The van der Waals surface area contributed by atoms with Crippen molar-refractivity contribution in [2.45, 2.75) is 16.2 Å². The summed E-state index contributed by atoms with van der Waals surface area (Å²) in [4.78, 5) is 7.50. The molecule has 1 aromatic heterocycles. The zero-order valence-corrected chi connectivity index (χ0v) is 18.1. The van der Waals surface area contributed by atoms with Crippen LogP contribution in [0, 0.1) is 0 Å². The van der Waals surface area contributed by atoms with Gasteiger partial charge in [0.2, 0.25) is 5.16 Å². The van der Waals surface area contributed by atoms with Gasteiger partial charge in [-0.05, 0) is 45.8 Å². The van der Waals surface area contributed by atoms with E-state index < -0.39 is 22.5 Å². The summed E-state index contributed by atoms with van der Waals surface area (Å²) >= 11 is 0. The Bertz CT molecular complexity index is 1510. The van der Waals surface area contributed by atoms with E-state index in [2.05, 4.69) is 9.97 Å². The second kappa shape index (κ2) is 8.04. The fraction of sp³-hybridized carbons (Fsp3) is 0.0800. The minimum absolute atomic E-state index is 0.282. The Morgan fingerprint density at radius 3 is 2.39 bits per heavy atom. The molecule has 4 aromatic carbocycles. The van der Waals surface area contributed by atoms with E-state index in [9.17, 15) is 17.4 Å². The minimum Gasteiger partial charge on any atom is -0.496 e. The number of fused-ring (bicyclic) bond motifs is 2. The number of rotatable bonds is 4. The van der Waals surface area contributed by atoms with Gasteiger partial charge < -0.3 is 9.72 Å². The normalized spacial score (nSPS) is 12.8. The summed E-state index contributed by atoms with van der Waals surface area (Å²) < 4.78 is 59.2. The van der Waals surface area contributed by atoms with Gasteiger partial charge in [-0.1, -0.05) is 42.5 Å². The van der Waals surface area contributed by atoms with Crippen LogP contribution in [0.25, 0.3) is 32.7 Å². The van der Waals surface area contributed by atoms with Gasteiger partial charge in [0.15, 0.2) is 0 Å². The molecule has 1 N–H and O–H groups in total. The van der Waals surface area contributed by atoms with Crippen molar-refractivity contribution < 1.29 is 22.1 Å². The third-order valence-corrected chi connectivity index (χ3v) is 6.83. The molecule has 1 atom stereocenters. The maximum absolute atomic E-state index is 13.5. The van der Waals surface area contributed by atoms with Crippen molar-refractivity contribution >= 4 is 32.3 Å². The molecule has 0 radical (unpaired) electrons. The summed E-state index contributed by atoms with van der Waals surface area (Å²) in [6, 6.07) is 18.1. The van der Waals surface area contributed by atoms with Crippen LogP contribution in [0.4, 0.5) is 13.2 Å². The molecule has 0 spiro atoms.